The normalized spacial score (nSPS) is 16.0. The maximum absolute atomic E-state index is 13.4. The number of hydrogen-bond donors (Lipinski definition) is 1. The van der Waals surface area contributed by atoms with Gasteiger partial charge in [-0.2, -0.15) is 0 Å². The quantitative estimate of drug-likeness (QED) is 0.764. The molecule has 0 aromatic heterocycles. The van der Waals surface area contributed by atoms with Gasteiger partial charge in [0.05, 0.1) is 12.0 Å². The van der Waals surface area contributed by atoms with E-state index < -0.39 is 5.41 Å². The highest BCUT2D eigenvalue weighted by Gasteiger charge is 2.41. The summed E-state index contributed by atoms with van der Waals surface area (Å²) in [5.41, 5.74) is 3.40. The fourth-order valence-corrected chi connectivity index (χ4v) is 3.87. The summed E-state index contributed by atoms with van der Waals surface area (Å²) in [6, 6.07) is 14.1. The van der Waals surface area contributed by atoms with Crippen molar-refractivity contribution in [3.8, 4) is 5.75 Å². The van der Waals surface area contributed by atoms with Crippen molar-refractivity contribution in [1.29, 1.82) is 0 Å². The van der Waals surface area contributed by atoms with Gasteiger partial charge in [-0.05, 0) is 61.4 Å². The summed E-state index contributed by atoms with van der Waals surface area (Å²) in [6.07, 6.45) is 1.38. The van der Waals surface area contributed by atoms with Crippen LogP contribution in [0.25, 0.3) is 0 Å². The van der Waals surface area contributed by atoms with Crippen molar-refractivity contribution < 1.29 is 14.3 Å². The summed E-state index contributed by atoms with van der Waals surface area (Å²) < 4.78 is 11.5. The van der Waals surface area contributed by atoms with Crippen molar-refractivity contribution in [2.24, 2.45) is 5.92 Å². The van der Waals surface area contributed by atoms with Crippen LogP contribution in [0.2, 0.25) is 0 Å². The molecule has 1 saturated heterocycles. The third-order valence-corrected chi connectivity index (χ3v) is 5.39. The first-order chi connectivity index (χ1) is 13.4. The van der Waals surface area contributed by atoms with Gasteiger partial charge in [-0.15, -0.1) is 0 Å². The summed E-state index contributed by atoms with van der Waals surface area (Å²) in [5, 5.41) is 3.17. The molecule has 1 heterocycles. The molecule has 0 atom stereocenters. The van der Waals surface area contributed by atoms with Crippen molar-refractivity contribution >= 4 is 11.6 Å². The largest absolute Gasteiger partial charge is 0.493 e. The van der Waals surface area contributed by atoms with E-state index in [1.165, 1.54) is 0 Å². The molecule has 1 amide bonds. The van der Waals surface area contributed by atoms with Crippen LogP contribution in [0.1, 0.15) is 43.4 Å². The number of anilines is 1. The molecule has 4 heteroatoms. The van der Waals surface area contributed by atoms with Crippen LogP contribution in [0.4, 0.5) is 5.69 Å². The van der Waals surface area contributed by atoms with Gasteiger partial charge in [0.1, 0.15) is 5.75 Å². The Balaban J connectivity index is 1.84. The SMILES string of the molecule is Cc1cc(NC(=O)C2(c3ccccc3)CCOCC2)cc(C)c1OCC(C)C. The van der Waals surface area contributed by atoms with E-state index in [9.17, 15) is 4.79 Å². The topological polar surface area (TPSA) is 47.6 Å². The van der Waals surface area contributed by atoms with Gasteiger partial charge in [0.25, 0.3) is 0 Å². The van der Waals surface area contributed by atoms with Crippen LogP contribution in [0.3, 0.4) is 0 Å². The van der Waals surface area contributed by atoms with Gasteiger partial charge in [0.15, 0.2) is 0 Å². The number of ether oxygens (including phenoxy) is 2. The molecule has 0 radical (unpaired) electrons. The molecule has 0 spiro atoms. The molecule has 1 fully saturated rings. The molecule has 3 rings (SSSR count). The Morgan fingerprint density at radius 1 is 1.11 bits per heavy atom. The first-order valence-corrected chi connectivity index (χ1v) is 10.1. The van der Waals surface area contributed by atoms with E-state index >= 15 is 0 Å². The molecule has 0 bridgehead atoms. The van der Waals surface area contributed by atoms with Gasteiger partial charge < -0.3 is 14.8 Å². The van der Waals surface area contributed by atoms with Gasteiger partial charge in [-0.1, -0.05) is 44.2 Å². The molecule has 1 N–H and O–H groups in total. The molecule has 150 valence electrons. The van der Waals surface area contributed by atoms with E-state index in [4.69, 9.17) is 9.47 Å². The smallest absolute Gasteiger partial charge is 0.235 e. The first-order valence-electron chi connectivity index (χ1n) is 10.1. The third-order valence-electron chi connectivity index (χ3n) is 5.39. The fraction of sp³-hybridized carbons (Fsp3) is 0.458. The minimum absolute atomic E-state index is 0.0386. The Labute approximate surface area is 168 Å². The molecule has 1 aliphatic rings. The Morgan fingerprint density at radius 3 is 2.29 bits per heavy atom. The maximum atomic E-state index is 13.4. The second kappa shape index (κ2) is 8.78. The predicted molar refractivity (Wildman–Crippen MR) is 113 cm³/mol. The maximum Gasteiger partial charge on any atom is 0.235 e. The van der Waals surface area contributed by atoms with Crippen molar-refractivity contribution in [1.82, 2.24) is 0 Å². The van der Waals surface area contributed by atoms with Crippen molar-refractivity contribution in [3.05, 3.63) is 59.2 Å². The van der Waals surface area contributed by atoms with E-state index in [0.29, 0.717) is 38.6 Å². The third kappa shape index (κ3) is 4.39. The molecule has 0 unspecified atom stereocenters. The number of carbonyl (C=O) groups is 1. The Kier molecular flexibility index (Phi) is 6.40. The van der Waals surface area contributed by atoms with Gasteiger partial charge in [0.2, 0.25) is 5.91 Å². The van der Waals surface area contributed by atoms with Crippen LogP contribution >= 0.6 is 0 Å². The number of rotatable bonds is 6. The van der Waals surface area contributed by atoms with E-state index in [1.807, 2.05) is 56.3 Å². The lowest BCUT2D eigenvalue weighted by Gasteiger charge is -2.36. The zero-order chi connectivity index (χ0) is 20.1. The minimum atomic E-state index is -0.547. The van der Waals surface area contributed by atoms with Gasteiger partial charge in [-0.25, -0.2) is 0 Å². The van der Waals surface area contributed by atoms with E-state index in [1.54, 1.807) is 0 Å². The van der Waals surface area contributed by atoms with E-state index in [2.05, 4.69) is 19.2 Å². The Hall–Kier alpha value is -2.33. The standard InChI is InChI=1S/C24H31NO3/c1-17(2)16-28-22-18(3)14-21(15-19(22)4)25-23(26)24(10-12-27-13-11-24)20-8-6-5-7-9-20/h5-9,14-15,17H,10-13,16H2,1-4H3,(H,25,26). The number of amides is 1. The summed E-state index contributed by atoms with van der Waals surface area (Å²) >= 11 is 0. The van der Waals surface area contributed by atoms with Crippen molar-refractivity contribution in [2.75, 3.05) is 25.1 Å². The molecular weight excluding hydrogens is 350 g/mol. The second-order valence-corrected chi connectivity index (χ2v) is 8.16. The molecule has 4 nitrogen and oxygen atoms in total. The van der Waals surface area contributed by atoms with Gasteiger partial charge >= 0.3 is 0 Å². The zero-order valence-corrected chi connectivity index (χ0v) is 17.4. The summed E-state index contributed by atoms with van der Waals surface area (Å²) in [4.78, 5) is 13.4. The molecule has 2 aromatic carbocycles. The lowest BCUT2D eigenvalue weighted by Crippen LogP contribution is -2.44. The van der Waals surface area contributed by atoms with Crippen LogP contribution in [-0.2, 0) is 14.9 Å². The first kappa shape index (κ1) is 20.4. The number of hydrogen-bond acceptors (Lipinski definition) is 3. The van der Waals surface area contributed by atoms with E-state index in [-0.39, 0.29) is 5.91 Å². The van der Waals surface area contributed by atoms with Crippen molar-refractivity contribution in [2.45, 2.75) is 46.0 Å². The van der Waals surface area contributed by atoms with Crippen LogP contribution in [0.5, 0.6) is 5.75 Å². The predicted octanol–water partition coefficient (Wildman–Crippen LogP) is 5.03. The molecule has 0 aliphatic carbocycles. The van der Waals surface area contributed by atoms with Crippen LogP contribution in [-0.4, -0.2) is 25.7 Å². The molecule has 1 aliphatic heterocycles. The van der Waals surface area contributed by atoms with Crippen molar-refractivity contribution in [3.63, 3.8) is 0 Å². The Bertz CT molecular complexity index is 785. The highest BCUT2D eigenvalue weighted by molar-refractivity contribution is 5.99. The second-order valence-electron chi connectivity index (χ2n) is 8.16. The highest BCUT2D eigenvalue weighted by atomic mass is 16.5. The van der Waals surface area contributed by atoms with E-state index in [0.717, 1.165) is 28.1 Å². The minimum Gasteiger partial charge on any atom is -0.493 e. The van der Waals surface area contributed by atoms with Gasteiger partial charge in [-0.3, -0.25) is 4.79 Å². The molecule has 2 aromatic rings. The average molecular weight is 382 g/mol. The monoisotopic (exact) mass is 381 g/mol. The summed E-state index contributed by atoms with van der Waals surface area (Å²) in [5.74, 6) is 1.42. The zero-order valence-electron chi connectivity index (χ0n) is 17.4. The van der Waals surface area contributed by atoms with Crippen LogP contribution in [0.15, 0.2) is 42.5 Å². The van der Waals surface area contributed by atoms with Crippen LogP contribution in [0, 0.1) is 19.8 Å². The number of aryl methyl sites for hydroxylation is 2. The fourth-order valence-electron chi connectivity index (χ4n) is 3.87. The molecular formula is C24H31NO3. The number of benzene rings is 2. The average Bonchev–Trinajstić information content (AvgIpc) is 2.68. The summed E-state index contributed by atoms with van der Waals surface area (Å²) in [7, 11) is 0. The molecule has 0 saturated carbocycles. The highest BCUT2D eigenvalue weighted by Crippen LogP contribution is 2.37. The summed E-state index contributed by atoms with van der Waals surface area (Å²) in [6.45, 7) is 10.2. The number of nitrogens with one attached hydrogen (secondary N) is 1. The van der Waals surface area contributed by atoms with Crippen LogP contribution < -0.4 is 10.1 Å². The number of carbonyl (C=O) groups excluding carboxylic acids is 1. The Morgan fingerprint density at radius 2 is 1.71 bits per heavy atom. The van der Waals surface area contributed by atoms with Gasteiger partial charge in [0, 0.05) is 18.9 Å². The lowest BCUT2D eigenvalue weighted by molar-refractivity contribution is -0.125. The lowest BCUT2D eigenvalue weighted by atomic mass is 9.73. The molecule has 28 heavy (non-hydrogen) atoms.